The monoisotopic (exact) mass is 345 g/mol. The first-order chi connectivity index (χ1) is 12.0. The minimum absolute atomic E-state index is 0.0627. The number of nitrogens with one attached hydrogen (secondary N) is 1. The molecular weight excluding hydrogens is 325 g/mol. The summed E-state index contributed by atoms with van der Waals surface area (Å²) in [5.74, 6) is -0.201. The number of amides is 2. The number of rotatable bonds is 5. The van der Waals surface area contributed by atoms with Gasteiger partial charge in [0.1, 0.15) is 17.1 Å². The van der Waals surface area contributed by atoms with Gasteiger partial charge in [-0.05, 0) is 31.0 Å². The molecule has 1 aromatic heterocycles. The molecule has 7 heteroatoms. The minimum atomic E-state index is -0.330. The van der Waals surface area contributed by atoms with Gasteiger partial charge in [-0.15, -0.1) is 0 Å². The van der Waals surface area contributed by atoms with Gasteiger partial charge in [0.05, 0.1) is 11.7 Å². The predicted octanol–water partition coefficient (Wildman–Crippen LogP) is 2.22. The van der Waals surface area contributed by atoms with E-state index < -0.39 is 0 Å². The fourth-order valence-electron chi connectivity index (χ4n) is 3.09. The molecule has 1 aliphatic rings. The van der Waals surface area contributed by atoms with E-state index in [1.165, 1.54) is 12.1 Å². The third-order valence-electron chi connectivity index (χ3n) is 4.31. The van der Waals surface area contributed by atoms with Crippen LogP contribution in [0.3, 0.4) is 0 Å². The van der Waals surface area contributed by atoms with Gasteiger partial charge in [-0.2, -0.15) is 0 Å². The maximum absolute atomic E-state index is 13.3. The molecule has 132 valence electrons. The van der Waals surface area contributed by atoms with Crippen molar-refractivity contribution in [2.45, 2.75) is 39.3 Å². The van der Waals surface area contributed by atoms with Crippen molar-refractivity contribution in [3.8, 4) is 0 Å². The van der Waals surface area contributed by atoms with Crippen LogP contribution >= 0.6 is 0 Å². The summed E-state index contributed by atoms with van der Waals surface area (Å²) in [5.41, 5.74) is 1.78. The van der Waals surface area contributed by atoms with Crippen molar-refractivity contribution in [2.24, 2.45) is 0 Å². The third kappa shape index (κ3) is 3.70. The molecule has 1 fully saturated rings. The molecule has 2 heterocycles. The van der Waals surface area contributed by atoms with Gasteiger partial charge < -0.3 is 14.7 Å². The first-order valence-corrected chi connectivity index (χ1v) is 8.26. The smallest absolute Gasteiger partial charge is 0.257 e. The highest BCUT2D eigenvalue weighted by Crippen LogP contribution is 2.18. The molecule has 1 aliphatic heterocycles. The summed E-state index contributed by atoms with van der Waals surface area (Å²) in [6.45, 7) is 4.31. The molecule has 1 aromatic carbocycles. The second kappa shape index (κ2) is 7.04. The number of hydrogen-bond acceptors (Lipinski definition) is 4. The van der Waals surface area contributed by atoms with Crippen molar-refractivity contribution in [2.75, 3.05) is 6.54 Å². The van der Waals surface area contributed by atoms with Gasteiger partial charge >= 0.3 is 0 Å². The molecule has 2 amide bonds. The number of benzene rings is 1. The van der Waals surface area contributed by atoms with E-state index in [1.54, 1.807) is 24.0 Å². The average molecular weight is 345 g/mol. The van der Waals surface area contributed by atoms with E-state index >= 15 is 0 Å². The highest BCUT2D eigenvalue weighted by molar-refractivity contribution is 5.97. The van der Waals surface area contributed by atoms with Crippen LogP contribution in [-0.2, 0) is 17.8 Å². The number of carbonyl (C=O) groups excluding carboxylic acids is 2. The molecule has 1 N–H and O–H groups in total. The van der Waals surface area contributed by atoms with Crippen molar-refractivity contribution in [3.05, 3.63) is 52.7 Å². The van der Waals surface area contributed by atoms with Gasteiger partial charge in [0.2, 0.25) is 5.91 Å². The Morgan fingerprint density at radius 2 is 2.28 bits per heavy atom. The van der Waals surface area contributed by atoms with Crippen LogP contribution in [0.15, 0.2) is 28.8 Å². The summed E-state index contributed by atoms with van der Waals surface area (Å²) in [6, 6.07) is 5.88. The van der Waals surface area contributed by atoms with Gasteiger partial charge in [0.15, 0.2) is 0 Å². The number of hydrogen-bond donors (Lipinski definition) is 1. The van der Waals surface area contributed by atoms with Crippen molar-refractivity contribution >= 4 is 11.8 Å². The fourth-order valence-corrected chi connectivity index (χ4v) is 3.09. The van der Waals surface area contributed by atoms with Gasteiger partial charge in [0.25, 0.3) is 5.91 Å². The zero-order chi connectivity index (χ0) is 18.0. The Kier molecular flexibility index (Phi) is 4.83. The van der Waals surface area contributed by atoms with Crippen molar-refractivity contribution in [3.63, 3.8) is 0 Å². The standard InChI is InChI=1S/C18H20FN3O3/c1-3-15-17(11(2)25-21-15)18(24)20-14-8-16(23)22(10-14)9-12-5-4-6-13(19)7-12/h4-7,14H,3,8-10H2,1-2H3,(H,20,24)/t14-/m1/s1. The maximum Gasteiger partial charge on any atom is 0.257 e. The van der Waals surface area contributed by atoms with Crippen LogP contribution in [0, 0.1) is 12.7 Å². The van der Waals surface area contributed by atoms with Gasteiger partial charge in [-0.1, -0.05) is 24.2 Å². The summed E-state index contributed by atoms with van der Waals surface area (Å²) in [4.78, 5) is 26.3. The molecule has 25 heavy (non-hydrogen) atoms. The van der Waals surface area contributed by atoms with Crippen LogP contribution in [0.4, 0.5) is 4.39 Å². The second-order valence-corrected chi connectivity index (χ2v) is 6.19. The molecule has 1 atom stereocenters. The SMILES string of the molecule is CCc1noc(C)c1C(=O)N[C@@H]1CC(=O)N(Cc2cccc(F)c2)C1. The Morgan fingerprint density at radius 3 is 3.00 bits per heavy atom. The Morgan fingerprint density at radius 1 is 1.48 bits per heavy atom. The number of carbonyl (C=O) groups is 2. The van der Waals surface area contributed by atoms with Crippen molar-refractivity contribution in [1.82, 2.24) is 15.4 Å². The van der Waals surface area contributed by atoms with Crippen LogP contribution < -0.4 is 5.32 Å². The van der Waals surface area contributed by atoms with E-state index in [4.69, 9.17) is 4.52 Å². The summed E-state index contributed by atoms with van der Waals surface area (Å²) in [5, 5.41) is 6.75. The molecule has 0 bridgehead atoms. The molecule has 1 saturated heterocycles. The first kappa shape index (κ1) is 17.1. The molecule has 0 radical (unpaired) electrons. The predicted molar refractivity (Wildman–Crippen MR) is 88.3 cm³/mol. The van der Waals surface area contributed by atoms with E-state index in [2.05, 4.69) is 10.5 Å². The van der Waals surface area contributed by atoms with E-state index in [0.717, 1.165) is 5.56 Å². The second-order valence-electron chi connectivity index (χ2n) is 6.19. The summed E-state index contributed by atoms with van der Waals surface area (Å²) in [6.07, 6.45) is 0.822. The molecule has 3 rings (SSSR count). The molecule has 0 saturated carbocycles. The summed E-state index contributed by atoms with van der Waals surface area (Å²) < 4.78 is 18.4. The Bertz CT molecular complexity index is 803. The summed E-state index contributed by atoms with van der Waals surface area (Å²) in [7, 11) is 0. The molecular formula is C18H20FN3O3. The van der Waals surface area contributed by atoms with E-state index in [1.807, 2.05) is 6.92 Å². The lowest BCUT2D eigenvalue weighted by atomic mass is 10.1. The van der Waals surface area contributed by atoms with Crippen LogP contribution in [0.25, 0.3) is 0 Å². The average Bonchev–Trinajstić information content (AvgIpc) is 3.10. The molecule has 2 aromatic rings. The fraction of sp³-hybridized carbons (Fsp3) is 0.389. The van der Waals surface area contributed by atoms with Gasteiger partial charge in [-0.25, -0.2) is 4.39 Å². The van der Waals surface area contributed by atoms with E-state index in [-0.39, 0.29) is 30.1 Å². The van der Waals surface area contributed by atoms with Crippen LogP contribution in [-0.4, -0.2) is 34.5 Å². The van der Waals surface area contributed by atoms with Crippen LogP contribution in [0.1, 0.15) is 40.7 Å². The van der Waals surface area contributed by atoms with E-state index in [0.29, 0.717) is 36.5 Å². The Balaban J connectivity index is 1.64. The number of halogens is 1. The molecule has 0 aliphatic carbocycles. The molecule has 6 nitrogen and oxygen atoms in total. The third-order valence-corrected chi connectivity index (χ3v) is 4.31. The zero-order valence-corrected chi connectivity index (χ0v) is 14.2. The first-order valence-electron chi connectivity index (χ1n) is 8.26. The Hall–Kier alpha value is -2.70. The van der Waals surface area contributed by atoms with Crippen molar-refractivity contribution < 1.29 is 18.5 Å². The van der Waals surface area contributed by atoms with E-state index in [9.17, 15) is 14.0 Å². The Labute approximate surface area is 145 Å². The number of likely N-dealkylation sites (tertiary alicyclic amines) is 1. The zero-order valence-electron chi connectivity index (χ0n) is 14.2. The maximum atomic E-state index is 13.3. The normalized spacial score (nSPS) is 17.2. The largest absolute Gasteiger partial charge is 0.361 e. The van der Waals surface area contributed by atoms with Gasteiger partial charge in [0, 0.05) is 19.5 Å². The van der Waals surface area contributed by atoms with Gasteiger partial charge in [-0.3, -0.25) is 9.59 Å². The minimum Gasteiger partial charge on any atom is -0.361 e. The molecule has 0 unspecified atom stereocenters. The quantitative estimate of drug-likeness (QED) is 0.901. The highest BCUT2D eigenvalue weighted by Gasteiger charge is 2.32. The number of aryl methyl sites for hydroxylation is 2. The van der Waals surface area contributed by atoms with Crippen LogP contribution in [0.5, 0.6) is 0 Å². The lowest BCUT2D eigenvalue weighted by Crippen LogP contribution is -2.37. The lowest BCUT2D eigenvalue weighted by molar-refractivity contribution is -0.128. The van der Waals surface area contributed by atoms with Crippen molar-refractivity contribution in [1.29, 1.82) is 0 Å². The number of aromatic nitrogens is 1. The molecule has 0 spiro atoms. The topological polar surface area (TPSA) is 75.4 Å². The van der Waals surface area contributed by atoms with Crippen LogP contribution in [0.2, 0.25) is 0 Å². The lowest BCUT2D eigenvalue weighted by Gasteiger charge is -2.17. The summed E-state index contributed by atoms with van der Waals surface area (Å²) >= 11 is 0. The highest BCUT2D eigenvalue weighted by atomic mass is 19.1. The number of nitrogens with zero attached hydrogens (tertiary/aromatic N) is 2.